The highest BCUT2D eigenvalue weighted by Gasteiger charge is 2.16. The van der Waals surface area contributed by atoms with Gasteiger partial charge in [-0.05, 0) is 43.6 Å². The van der Waals surface area contributed by atoms with Crippen LogP contribution in [0.25, 0.3) is 5.65 Å². The second kappa shape index (κ2) is 6.13. The average Bonchev–Trinajstić information content (AvgIpc) is 3.27. The Balaban J connectivity index is 1.52. The Labute approximate surface area is 140 Å². The van der Waals surface area contributed by atoms with Crippen molar-refractivity contribution in [2.24, 2.45) is 7.05 Å². The molecule has 0 unspecified atom stereocenters. The van der Waals surface area contributed by atoms with Gasteiger partial charge in [0, 0.05) is 31.7 Å². The molecule has 6 nitrogen and oxygen atoms in total. The van der Waals surface area contributed by atoms with Crippen LogP contribution >= 0.6 is 0 Å². The molecule has 4 rings (SSSR count). The van der Waals surface area contributed by atoms with Gasteiger partial charge in [0.25, 0.3) is 5.91 Å². The van der Waals surface area contributed by atoms with E-state index in [1.807, 2.05) is 36.1 Å². The first-order chi connectivity index (χ1) is 11.7. The normalized spacial score (nSPS) is 15.2. The number of imidazole rings is 1. The van der Waals surface area contributed by atoms with Crippen LogP contribution in [0.2, 0.25) is 0 Å². The zero-order chi connectivity index (χ0) is 16.5. The summed E-state index contributed by atoms with van der Waals surface area (Å²) in [4.78, 5) is 15.1. The second-order valence-corrected chi connectivity index (χ2v) is 6.37. The molecule has 0 radical (unpaired) electrons. The van der Waals surface area contributed by atoms with Crippen molar-refractivity contribution in [1.82, 2.24) is 19.1 Å². The number of amides is 1. The first-order valence-electron chi connectivity index (χ1n) is 8.32. The van der Waals surface area contributed by atoms with Gasteiger partial charge in [-0.2, -0.15) is 5.10 Å². The highest BCUT2D eigenvalue weighted by molar-refractivity contribution is 6.08. The summed E-state index contributed by atoms with van der Waals surface area (Å²) >= 11 is 0. The Bertz CT molecular complexity index is 873. The quantitative estimate of drug-likeness (QED) is 0.803. The van der Waals surface area contributed by atoms with Crippen LogP contribution in [0.5, 0.6) is 0 Å². The molecule has 1 aromatic carbocycles. The minimum atomic E-state index is -0.134. The van der Waals surface area contributed by atoms with E-state index in [1.165, 1.54) is 31.5 Å². The van der Waals surface area contributed by atoms with E-state index >= 15 is 0 Å². The monoisotopic (exact) mass is 323 g/mol. The van der Waals surface area contributed by atoms with Gasteiger partial charge in [0.15, 0.2) is 0 Å². The summed E-state index contributed by atoms with van der Waals surface area (Å²) in [5.74, 6) is -0.134. The number of aromatic nitrogens is 3. The van der Waals surface area contributed by atoms with Crippen LogP contribution in [0.1, 0.15) is 28.8 Å². The highest BCUT2D eigenvalue weighted by atomic mass is 16.1. The van der Waals surface area contributed by atoms with Crippen molar-refractivity contribution in [2.45, 2.75) is 19.4 Å². The van der Waals surface area contributed by atoms with Gasteiger partial charge in [-0.1, -0.05) is 12.1 Å². The van der Waals surface area contributed by atoms with Gasteiger partial charge in [-0.3, -0.25) is 9.69 Å². The maximum Gasteiger partial charge on any atom is 0.261 e. The topological polar surface area (TPSA) is 54.6 Å². The van der Waals surface area contributed by atoms with Crippen LogP contribution < -0.4 is 5.32 Å². The smallest absolute Gasteiger partial charge is 0.261 e. The summed E-state index contributed by atoms with van der Waals surface area (Å²) in [7, 11) is 1.91. The molecule has 6 heteroatoms. The van der Waals surface area contributed by atoms with Crippen LogP contribution in [0.3, 0.4) is 0 Å². The van der Waals surface area contributed by atoms with Gasteiger partial charge in [0.05, 0.1) is 6.20 Å². The van der Waals surface area contributed by atoms with Crippen LogP contribution in [-0.4, -0.2) is 38.1 Å². The number of nitrogens with zero attached hydrogens (tertiary/aromatic N) is 4. The van der Waals surface area contributed by atoms with E-state index in [4.69, 9.17) is 0 Å². The molecule has 0 spiro atoms. The lowest BCUT2D eigenvalue weighted by atomic mass is 10.2. The molecule has 0 atom stereocenters. The van der Waals surface area contributed by atoms with Gasteiger partial charge in [0.1, 0.15) is 11.2 Å². The third-order valence-corrected chi connectivity index (χ3v) is 4.57. The van der Waals surface area contributed by atoms with Gasteiger partial charge in [0.2, 0.25) is 0 Å². The van der Waals surface area contributed by atoms with E-state index in [0.717, 1.165) is 17.9 Å². The minimum absolute atomic E-state index is 0.134. The molecule has 1 amide bonds. The first kappa shape index (κ1) is 15.0. The number of hydrogen-bond acceptors (Lipinski definition) is 3. The van der Waals surface area contributed by atoms with Crippen molar-refractivity contribution in [1.29, 1.82) is 0 Å². The molecule has 3 heterocycles. The number of fused-ring (bicyclic) bond motifs is 1. The summed E-state index contributed by atoms with van der Waals surface area (Å²) in [6, 6.07) is 8.10. The molecule has 24 heavy (non-hydrogen) atoms. The van der Waals surface area contributed by atoms with E-state index in [-0.39, 0.29) is 5.91 Å². The van der Waals surface area contributed by atoms with Crippen molar-refractivity contribution in [3.05, 3.63) is 54.0 Å². The molecule has 0 aliphatic carbocycles. The Morgan fingerprint density at radius 2 is 2.08 bits per heavy atom. The Kier molecular flexibility index (Phi) is 3.82. The molecule has 1 fully saturated rings. The molecular weight excluding hydrogens is 302 g/mol. The van der Waals surface area contributed by atoms with Crippen molar-refractivity contribution in [3.8, 4) is 0 Å². The third-order valence-electron chi connectivity index (χ3n) is 4.57. The van der Waals surface area contributed by atoms with Gasteiger partial charge < -0.3 is 9.88 Å². The Morgan fingerprint density at radius 1 is 1.25 bits per heavy atom. The van der Waals surface area contributed by atoms with Crippen LogP contribution in [0, 0.1) is 0 Å². The summed E-state index contributed by atoms with van der Waals surface area (Å²) in [6.07, 6.45) is 7.90. The fraction of sp³-hybridized carbons (Fsp3) is 0.333. The zero-order valence-corrected chi connectivity index (χ0v) is 13.8. The molecular formula is C18H21N5O. The maximum atomic E-state index is 12.6. The lowest BCUT2D eigenvalue weighted by molar-refractivity contribution is 0.102. The van der Waals surface area contributed by atoms with Crippen molar-refractivity contribution in [2.75, 3.05) is 18.4 Å². The number of likely N-dealkylation sites (tertiary alicyclic amines) is 1. The van der Waals surface area contributed by atoms with Crippen molar-refractivity contribution in [3.63, 3.8) is 0 Å². The van der Waals surface area contributed by atoms with E-state index in [2.05, 4.69) is 27.4 Å². The van der Waals surface area contributed by atoms with E-state index in [1.54, 1.807) is 10.7 Å². The van der Waals surface area contributed by atoms with Crippen LogP contribution in [-0.2, 0) is 13.6 Å². The average molecular weight is 323 g/mol. The van der Waals surface area contributed by atoms with E-state index in [0.29, 0.717) is 5.56 Å². The number of carbonyl (C=O) groups excluding carboxylic acids is 1. The fourth-order valence-electron chi connectivity index (χ4n) is 3.36. The number of benzene rings is 1. The number of aryl methyl sites for hydroxylation is 1. The SMILES string of the molecule is Cn1ccn2ncc(C(=O)Nc3cccc(CN4CCCC4)c3)c12. The van der Waals surface area contributed by atoms with Gasteiger partial charge in [-0.15, -0.1) is 0 Å². The first-order valence-corrected chi connectivity index (χ1v) is 8.32. The van der Waals surface area contributed by atoms with E-state index in [9.17, 15) is 4.79 Å². The number of carbonyl (C=O) groups is 1. The molecule has 1 saturated heterocycles. The highest BCUT2D eigenvalue weighted by Crippen LogP contribution is 2.18. The van der Waals surface area contributed by atoms with E-state index < -0.39 is 0 Å². The van der Waals surface area contributed by atoms with Crippen LogP contribution in [0.4, 0.5) is 5.69 Å². The Hall–Kier alpha value is -2.60. The zero-order valence-electron chi connectivity index (χ0n) is 13.8. The number of anilines is 1. The van der Waals surface area contributed by atoms with Crippen LogP contribution in [0.15, 0.2) is 42.9 Å². The molecule has 124 valence electrons. The largest absolute Gasteiger partial charge is 0.334 e. The summed E-state index contributed by atoms with van der Waals surface area (Å²) in [5.41, 5.74) is 3.42. The Morgan fingerprint density at radius 3 is 2.92 bits per heavy atom. The maximum absolute atomic E-state index is 12.6. The molecule has 0 bridgehead atoms. The standard InChI is InChI=1S/C18H21N5O/c1-21-9-10-23-18(21)16(12-19-23)17(24)20-15-6-4-5-14(11-15)13-22-7-2-3-8-22/h4-6,9-12H,2-3,7-8,13H2,1H3,(H,20,24). The lowest BCUT2D eigenvalue weighted by Crippen LogP contribution is -2.18. The molecule has 2 aromatic heterocycles. The summed E-state index contributed by atoms with van der Waals surface area (Å²) in [5, 5.41) is 7.21. The minimum Gasteiger partial charge on any atom is -0.334 e. The number of rotatable bonds is 4. The molecule has 1 N–H and O–H groups in total. The molecule has 1 aliphatic rings. The van der Waals surface area contributed by atoms with Gasteiger partial charge in [-0.25, -0.2) is 4.52 Å². The lowest BCUT2D eigenvalue weighted by Gasteiger charge is -2.15. The van der Waals surface area contributed by atoms with Gasteiger partial charge >= 0.3 is 0 Å². The summed E-state index contributed by atoms with van der Waals surface area (Å²) in [6.45, 7) is 3.27. The fourth-order valence-corrected chi connectivity index (χ4v) is 3.36. The molecule has 3 aromatic rings. The van der Waals surface area contributed by atoms with Crippen molar-refractivity contribution < 1.29 is 4.79 Å². The van der Waals surface area contributed by atoms with Crippen molar-refractivity contribution >= 4 is 17.2 Å². The molecule has 1 aliphatic heterocycles. The number of nitrogens with one attached hydrogen (secondary N) is 1. The second-order valence-electron chi connectivity index (χ2n) is 6.37. The number of hydrogen-bond donors (Lipinski definition) is 1. The predicted molar refractivity (Wildman–Crippen MR) is 93.1 cm³/mol. The predicted octanol–water partition coefficient (Wildman–Crippen LogP) is 2.52. The third kappa shape index (κ3) is 2.80. The summed E-state index contributed by atoms with van der Waals surface area (Å²) < 4.78 is 3.60. The molecule has 0 saturated carbocycles.